The van der Waals surface area contributed by atoms with Crippen LogP contribution in [0.3, 0.4) is 0 Å². The third-order valence-corrected chi connectivity index (χ3v) is 5.66. The van der Waals surface area contributed by atoms with Gasteiger partial charge in [-0.25, -0.2) is 13.8 Å². The molecule has 1 aromatic carbocycles. The highest BCUT2D eigenvalue weighted by molar-refractivity contribution is 7.99. The van der Waals surface area contributed by atoms with E-state index >= 15 is 0 Å². The largest absolute Gasteiger partial charge is 0.483 e. The fourth-order valence-electron chi connectivity index (χ4n) is 2.92. The number of hydrogen-bond acceptors (Lipinski definition) is 5. The molecule has 1 aromatic heterocycles. The highest BCUT2D eigenvalue weighted by Gasteiger charge is 2.45. The Balaban J connectivity index is 1.71. The van der Waals surface area contributed by atoms with Crippen molar-refractivity contribution in [2.45, 2.75) is 37.3 Å². The lowest BCUT2D eigenvalue weighted by atomic mass is 10.1. The van der Waals surface area contributed by atoms with E-state index in [0.29, 0.717) is 12.0 Å². The second-order valence-corrected chi connectivity index (χ2v) is 7.47. The lowest BCUT2D eigenvalue weighted by molar-refractivity contribution is -0.142. The van der Waals surface area contributed by atoms with Crippen LogP contribution >= 0.6 is 11.8 Å². The number of halogens is 2. The van der Waals surface area contributed by atoms with Crippen molar-refractivity contribution >= 4 is 17.7 Å². The monoisotopic (exact) mass is 393 g/mol. The molecule has 1 heterocycles. The van der Waals surface area contributed by atoms with Crippen LogP contribution in [-0.2, 0) is 16.1 Å². The molecule has 4 nitrogen and oxygen atoms in total. The van der Waals surface area contributed by atoms with Gasteiger partial charge in [-0.3, -0.25) is 4.79 Å². The maximum atomic E-state index is 14.4. The van der Waals surface area contributed by atoms with Crippen molar-refractivity contribution in [3.8, 4) is 5.75 Å². The Kier molecular flexibility index (Phi) is 6.31. The Hall–Kier alpha value is -2.15. The summed E-state index contributed by atoms with van der Waals surface area (Å²) in [5, 5.41) is 0.802. The number of hydrogen-bond donors (Lipinski definition) is 0. The molecule has 7 heteroatoms. The number of benzene rings is 1. The minimum Gasteiger partial charge on any atom is -0.483 e. The number of rotatable bonds is 8. The van der Waals surface area contributed by atoms with E-state index in [1.807, 2.05) is 6.07 Å². The topological polar surface area (TPSA) is 48.4 Å². The summed E-state index contributed by atoms with van der Waals surface area (Å²) >= 11 is 1.59. The predicted octanol–water partition coefficient (Wildman–Crippen LogP) is 4.72. The van der Waals surface area contributed by atoms with Gasteiger partial charge in [-0.1, -0.05) is 13.0 Å². The number of esters is 1. The van der Waals surface area contributed by atoms with Gasteiger partial charge >= 0.3 is 5.97 Å². The Morgan fingerprint density at radius 3 is 2.74 bits per heavy atom. The number of pyridine rings is 1. The van der Waals surface area contributed by atoms with Crippen LogP contribution in [0.1, 0.15) is 36.8 Å². The van der Waals surface area contributed by atoms with E-state index < -0.39 is 17.4 Å². The average Bonchev–Trinajstić information content (AvgIpc) is 3.46. The smallest absolute Gasteiger partial charge is 0.309 e. The molecule has 2 unspecified atom stereocenters. The molecule has 1 aliphatic carbocycles. The second-order valence-electron chi connectivity index (χ2n) is 6.39. The number of methoxy groups -OCH3 is 1. The molecule has 0 N–H and O–H groups in total. The molecule has 0 saturated heterocycles. The number of aromatic nitrogens is 1. The molecule has 2 aromatic rings. The van der Waals surface area contributed by atoms with Crippen molar-refractivity contribution in [1.82, 2.24) is 4.98 Å². The summed E-state index contributed by atoms with van der Waals surface area (Å²) in [5.41, 5.74) is 1.24. The summed E-state index contributed by atoms with van der Waals surface area (Å²) in [5.74, 6) is -1.93. The van der Waals surface area contributed by atoms with E-state index in [0.717, 1.165) is 22.8 Å². The molecule has 144 valence electrons. The van der Waals surface area contributed by atoms with Gasteiger partial charge in [0.15, 0.2) is 17.4 Å². The highest BCUT2D eigenvalue weighted by Crippen LogP contribution is 2.49. The average molecular weight is 393 g/mol. The van der Waals surface area contributed by atoms with Crippen LogP contribution in [0.5, 0.6) is 5.75 Å². The quantitative estimate of drug-likeness (QED) is 0.480. The van der Waals surface area contributed by atoms with Gasteiger partial charge in [-0.05, 0) is 48.3 Å². The zero-order valence-corrected chi connectivity index (χ0v) is 16.0. The van der Waals surface area contributed by atoms with E-state index in [4.69, 9.17) is 4.74 Å². The van der Waals surface area contributed by atoms with Crippen LogP contribution in [0.2, 0.25) is 0 Å². The first-order valence-corrected chi connectivity index (χ1v) is 9.80. The van der Waals surface area contributed by atoms with Gasteiger partial charge in [0.25, 0.3) is 0 Å². The molecular weight excluding hydrogens is 372 g/mol. The molecule has 0 bridgehead atoms. The lowest BCUT2D eigenvalue weighted by Crippen LogP contribution is -2.05. The van der Waals surface area contributed by atoms with Crippen LogP contribution in [0.25, 0.3) is 0 Å². The zero-order chi connectivity index (χ0) is 19.4. The molecule has 2 atom stereocenters. The SMILES string of the molecule is CCCSc1ncccc1COc1c(F)cc(C2CC2C(=O)OC)cc1F. The fraction of sp³-hybridized carbons (Fsp3) is 0.400. The van der Waals surface area contributed by atoms with Gasteiger partial charge in [0.2, 0.25) is 0 Å². The molecule has 0 amide bonds. The Morgan fingerprint density at radius 1 is 1.33 bits per heavy atom. The summed E-state index contributed by atoms with van der Waals surface area (Å²) in [6, 6.07) is 6.08. The molecular formula is C20H21F2NO3S. The fourth-order valence-corrected chi connectivity index (χ4v) is 3.76. The van der Waals surface area contributed by atoms with Crippen LogP contribution in [-0.4, -0.2) is 23.8 Å². The van der Waals surface area contributed by atoms with Crippen molar-refractivity contribution in [3.63, 3.8) is 0 Å². The molecule has 1 aliphatic rings. The van der Waals surface area contributed by atoms with Crippen LogP contribution in [0.4, 0.5) is 8.78 Å². The summed E-state index contributed by atoms with van der Waals surface area (Å²) in [6.45, 7) is 2.10. The van der Waals surface area contributed by atoms with Crippen molar-refractivity contribution < 1.29 is 23.0 Å². The Bertz CT molecular complexity index is 808. The van der Waals surface area contributed by atoms with Crippen molar-refractivity contribution in [1.29, 1.82) is 0 Å². The normalized spacial score (nSPS) is 18.2. The van der Waals surface area contributed by atoms with Gasteiger partial charge in [0.1, 0.15) is 11.6 Å². The maximum Gasteiger partial charge on any atom is 0.309 e. The molecule has 1 fully saturated rings. The van der Waals surface area contributed by atoms with E-state index in [-0.39, 0.29) is 24.4 Å². The van der Waals surface area contributed by atoms with E-state index in [9.17, 15) is 13.6 Å². The van der Waals surface area contributed by atoms with Crippen molar-refractivity contribution in [2.24, 2.45) is 5.92 Å². The van der Waals surface area contributed by atoms with Gasteiger partial charge in [-0.2, -0.15) is 0 Å². The predicted molar refractivity (Wildman–Crippen MR) is 98.8 cm³/mol. The standard InChI is InChI=1S/C20H21F2NO3S/c1-3-7-27-19-12(5-4-6-23-19)11-26-18-16(21)8-13(9-17(18)22)14-10-15(14)20(24)25-2/h4-6,8-9,14-15H,3,7,10-11H2,1-2H3. The van der Waals surface area contributed by atoms with Crippen LogP contribution < -0.4 is 4.74 Å². The first kappa shape index (κ1) is 19.6. The molecule has 0 radical (unpaired) electrons. The van der Waals surface area contributed by atoms with Gasteiger partial charge < -0.3 is 9.47 Å². The van der Waals surface area contributed by atoms with Crippen LogP contribution in [0.15, 0.2) is 35.5 Å². The Labute approximate surface area is 161 Å². The molecule has 1 saturated carbocycles. The number of thioether (sulfide) groups is 1. The second kappa shape index (κ2) is 8.69. The summed E-state index contributed by atoms with van der Waals surface area (Å²) in [6.07, 6.45) is 3.23. The molecule has 0 aliphatic heterocycles. The summed E-state index contributed by atoms with van der Waals surface area (Å²) in [4.78, 5) is 15.8. The van der Waals surface area contributed by atoms with Crippen LogP contribution in [0, 0.1) is 17.6 Å². The van der Waals surface area contributed by atoms with Gasteiger partial charge in [-0.15, -0.1) is 11.8 Å². The number of carbonyl (C=O) groups is 1. The van der Waals surface area contributed by atoms with E-state index in [2.05, 4.69) is 16.6 Å². The molecule has 3 rings (SSSR count). The number of carbonyl (C=O) groups excluding carboxylic acids is 1. The summed E-state index contributed by atoms with van der Waals surface area (Å²) < 4.78 is 38.9. The van der Waals surface area contributed by atoms with Crippen molar-refractivity contribution in [3.05, 3.63) is 53.2 Å². The van der Waals surface area contributed by atoms with E-state index in [1.165, 1.54) is 19.2 Å². The van der Waals surface area contributed by atoms with Gasteiger partial charge in [0.05, 0.1) is 13.0 Å². The minimum absolute atomic E-state index is 0.0291. The minimum atomic E-state index is -0.771. The highest BCUT2D eigenvalue weighted by atomic mass is 32.2. The first-order chi connectivity index (χ1) is 13.0. The van der Waals surface area contributed by atoms with E-state index in [1.54, 1.807) is 24.0 Å². The lowest BCUT2D eigenvalue weighted by Gasteiger charge is -2.12. The van der Waals surface area contributed by atoms with Gasteiger partial charge in [0, 0.05) is 11.8 Å². The number of nitrogens with zero attached hydrogens (tertiary/aromatic N) is 1. The zero-order valence-electron chi connectivity index (χ0n) is 15.2. The number of ether oxygens (including phenoxy) is 2. The van der Waals surface area contributed by atoms with Crippen molar-refractivity contribution in [2.75, 3.05) is 12.9 Å². The Morgan fingerprint density at radius 2 is 2.07 bits per heavy atom. The molecule has 27 heavy (non-hydrogen) atoms. The third kappa shape index (κ3) is 4.58. The maximum absolute atomic E-state index is 14.4. The summed E-state index contributed by atoms with van der Waals surface area (Å²) in [7, 11) is 1.31. The molecule has 0 spiro atoms. The third-order valence-electron chi connectivity index (χ3n) is 4.41. The first-order valence-electron chi connectivity index (χ1n) is 8.81.